The maximum atomic E-state index is 5.66. The van der Waals surface area contributed by atoms with Crippen LogP contribution in [0.4, 0.5) is 0 Å². The van der Waals surface area contributed by atoms with E-state index in [-0.39, 0.29) is 6.04 Å². The first-order valence-corrected chi connectivity index (χ1v) is 6.23. The van der Waals surface area contributed by atoms with Crippen LogP contribution in [-0.2, 0) is 13.5 Å². The van der Waals surface area contributed by atoms with Gasteiger partial charge in [-0.15, -0.1) is 0 Å². The zero-order valence-corrected chi connectivity index (χ0v) is 11.6. The zero-order chi connectivity index (χ0) is 13.8. The third-order valence-corrected chi connectivity index (χ3v) is 3.20. The van der Waals surface area contributed by atoms with Gasteiger partial charge in [-0.2, -0.15) is 5.10 Å². The van der Waals surface area contributed by atoms with Gasteiger partial charge < -0.3 is 4.74 Å². The summed E-state index contributed by atoms with van der Waals surface area (Å²) in [6, 6.07) is 8.12. The largest absolute Gasteiger partial charge is 0.496 e. The molecule has 0 bridgehead atoms. The van der Waals surface area contributed by atoms with Crippen molar-refractivity contribution in [3.63, 3.8) is 0 Å². The van der Waals surface area contributed by atoms with E-state index >= 15 is 0 Å². The second kappa shape index (κ2) is 5.86. The number of benzene rings is 1. The Kier molecular flexibility index (Phi) is 4.19. The molecule has 1 heterocycles. The van der Waals surface area contributed by atoms with Crippen molar-refractivity contribution in [3.8, 4) is 5.75 Å². The molecule has 0 saturated carbocycles. The number of aromatic nitrogens is 2. The highest BCUT2D eigenvalue weighted by atomic mass is 16.5. The van der Waals surface area contributed by atoms with Crippen LogP contribution in [0.25, 0.3) is 0 Å². The minimum Gasteiger partial charge on any atom is -0.496 e. The number of nitrogens with two attached hydrogens (primary N) is 1. The van der Waals surface area contributed by atoms with Crippen molar-refractivity contribution >= 4 is 0 Å². The predicted molar refractivity (Wildman–Crippen MR) is 74.7 cm³/mol. The Bertz CT molecular complexity index is 550. The van der Waals surface area contributed by atoms with Crippen LogP contribution in [-0.4, -0.2) is 16.9 Å². The van der Waals surface area contributed by atoms with E-state index in [1.807, 2.05) is 38.4 Å². The van der Waals surface area contributed by atoms with E-state index in [0.29, 0.717) is 0 Å². The molecule has 1 unspecified atom stereocenters. The van der Waals surface area contributed by atoms with Gasteiger partial charge >= 0.3 is 0 Å². The second-order valence-corrected chi connectivity index (χ2v) is 4.63. The quantitative estimate of drug-likeness (QED) is 0.631. The van der Waals surface area contributed by atoms with Crippen molar-refractivity contribution in [2.45, 2.75) is 19.4 Å². The fourth-order valence-corrected chi connectivity index (χ4v) is 2.17. The lowest BCUT2D eigenvalue weighted by molar-refractivity contribution is 0.411. The van der Waals surface area contributed by atoms with Crippen LogP contribution in [0.5, 0.6) is 5.75 Å². The van der Waals surface area contributed by atoms with Crippen molar-refractivity contribution in [2.24, 2.45) is 12.9 Å². The Morgan fingerprint density at radius 2 is 2.21 bits per heavy atom. The first-order valence-electron chi connectivity index (χ1n) is 6.23. The van der Waals surface area contributed by atoms with Crippen molar-refractivity contribution in [1.29, 1.82) is 0 Å². The monoisotopic (exact) mass is 260 g/mol. The van der Waals surface area contributed by atoms with Gasteiger partial charge in [-0.3, -0.25) is 16.0 Å². The molecule has 102 valence electrons. The summed E-state index contributed by atoms with van der Waals surface area (Å²) in [6.07, 6.45) is 2.69. The lowest BCUT2D eigenvalue weighted by atomic mass is 10.0. The van der Waals surface area contributed by atoms with Gasteiger partial charge in [0.1, 0.15) is 5.75 Å². The van der Waals surface area contributed by atoms with E-state index in [0.717, 1.165) is 29.0 Å². The SMILES string of the molecule is COc1ccc(C(Cc2ccn(C)n2)NN)cc1C. The predicted octanol–water partition coefficient (Wildman–Crippen LogP) is 1.48. The average molecular weight is 260 g/mol. The third kappa shape index (κ3) is 3.13. The lowest BCUT2D eigenvalue weighted by Gasteiger charge is -2.16. The van der Waals surface area contributed by atoms with Crippen LogP contribution in [0.1, 0.15) is 22.9 Å². The van der Waals surface area contributed by atoms with E-state index in [1.54, 1.807) is 11.8 Å². The highest BCUT2D eigenvalue weighted by Gasteiger charge is 2.13. The molecule has 5 nitrogen and oxygen atoms in total. The molecule has 0 aliphatic rings. The summed E-state index contributed by atoms with van der Waals surface area (Å²) in [7, 11) is 3.58. The van der Waals surface area contributed by atoms with E-state index < -0.39 is 0 Å². The number of nitrogens with zero attached hydrogens (tertiary/aromatic N) is 2. The van der Waals surface area contributed by atoms with E-state index in [1.165, 1.54) is 0 Å². The fraction of sp³-hybridized carbons (Fsp3) is 0.357. The summed E-state index contributed by atoms with van der Waals surface area (Å²) in [5, 5.41) is 4.38. The van der Waals surface area contributed by atoms with Gasteiger partial charge in [0.05, 0.1) is 18.8 Å². The van der Waals surface area contributed by atoms with Gasteiger partial charge in [0.2, 0.25) is 0 Å². The van der Waals surface area contributed by atoms with Crippen LogP contribution >= 0.6 is 0 Å². The molecule has 2 aromatic rings. The topological polar surface area (TPSA) is 65.1 Å². The van der Waals surface area contributed by atoms with Crippen LogP contribution in [0.15, 0.2) is 30.5 Å². The molecule has 0 aliphatic carbocycles. The number of hydrogen-bond donors (Lipinski definition) is 2. The van der Waals surface area contributed by atoms with Gasteiger partial charge in [-0.1, -0.05) is 12.1 Å². The molecule has 1 atom stereocenters. The third-order valence-electron chi connectivity index (χ3n) is 3.20. The molecule has 2 rings (SSSR count). The molecule has 1 aromatic heterocycles. The van der Waals surface area contributed by atoms with Crippen molar-refractivity contribution in [2.75, 3.05) is 7.11 Å². The smallest absolute Gasteiger partial charge is 0.121 e. The van der Waals surface area contributed by atoms with Crippen LogP contribution in [0, 0.1) is 6.92 Å². The van der Waals surface area contributed by atoms with Crippen LogP contribution in [0.3, 0.4) is 0 Å². The summed E-state index contributed by atoms with van der Waals surface area (Å²) in [6.45, 7) is 2.02. The molecule has 5 heteroatoms. The summed E-state index contributed by atoms with van der Waals surface area (Å²) >= 11 is 0. The normalized spacial score (nSPS) is 12.4. The number of methoxy groups -OCH3 is 1. The number of ether oxygens (including phenoxy) is 1. The van der Waals surface area contributed by atoms with Gasteiger partial charge in [0, 0.05) is 19.7 Å². The lowest BCUT2D eigenvalue weighted by Crippen LogP contribution is -2.29. The van der Waals surface area contributed by atoms with E-state index in [4.69, 9.17) is 10.6 Å². The number of rotatable bonds is 5. The van der Waals surface area contributed by atoms with E-state index in [9.17, 15) is 0 Å². The molecule has 0 fully saturated rings. The van der Waals surface area contributed by atoms with Crippen LogP contribution < -0.4 is 16.0 Å². The molecule has 1 aromatic carbocycles. The molecule has 0 amide bonds. The zero-order valence-electron chi connectivity index (χ0n) is 11.6. The summed E-state index contributed by atoms with van der Waals surface area (Å²) in [4.78, 5) is 0. The van der Waals surface area contributed by atoms with Crippen LogP contribution in [0.2, 0.25) is 0 Å². The Morgan fingerprint density at radius 3 is 2.74 bits per heavy atom. The molecular weight excluding hydrogens is 240 g/mol. The van der Waals surface area contributed by atoms with Crippen molar-refractivity contribution in [3.05, 3.63) is 47.3 Å². The Morgan fingerprint density at radius 1 is 1.42 bits per heavy atom. The standard InChI is InChI=1S/C14H20N4O/c1-10-8-11(4-5-14(10)19-3)13(16-15)9-12-6-7-18(2)17-12/h4-8,13,16H,9,15H2,1-3H3. The number of aryl methyl sites for hydroxylation is 2. The molecule has 0 radical (unpaired) electrons. The maximum absolute atomic E-state index is 5.66. The highest BCUT2D eigenvalue weighted by Crippen LogP contribution is 2.24. The average Bonchev–Trinajstić information content (AvgIpc) is 2.81. The van der Waals surface area contributed by atoms with Crippen molar-refractivity contribution in [1.82, 2.24) is 15.2 Å². The number of hydrazine groups is 1. The first kappa shape index (κ1) is 13.6. The minimum absolute atomic E-state index is 0.0412. The molecule has 0 spiro atoms. The van der Waals surface area contributed by atoms with Gasteiger partial charge in [0.25, 0.3) is 0 Å². The maximum Gasteiger partial charge on any atom is 0.121 e. The van der Waals surface area contributed by atoms with E-state index in [2.05, 4.69) is 16.6 Å². The summed E-state index contributed by atoms with van der Waals surface area (Å²) in [5.41, 5.74) is 6.09. The van der Waals surface area contributed by atoms with Gasteiger partial charge in [0.15, 0.2) is 0 Å². The molecule has 19 heavy (non-hydrogen) atoms. The summed E-state index contributed by atoms with van der Waals surface area (Å²) < 4.78 is 7.06. The molecular formula is C14H20N4O. The first-order chi connectivity index (χ1) is 9.13. The Labute approximate surface area is 113 Å². The Hall–Kier alpha value is -1.85. The second-order valence-electron chi connectivity index (χ2n) is 4.63. The molecule has 0 saturated heterocycles. The highest BCUT2D eigenvalue weighted by molar-refractivity contribution is 5.37. The number of nitrogens with one attached hydrogen (secondary N) is 1. The minimum atomic E-state index is 0.0412. The van der Waals surface area contributed by atoms with Gasteiger partial charge in [-0.25, -0.2) is 0 Å². The Balaban J connectivity index is 2.19. The molecule has 0 aliphatic heterocycles. The summed E-state index contributed by atoms with van der Waals surface area (Å²) in [5.74, 6) is 6.55. The molecule has 3 N–H and O–H groups in total. The van der Waals surface area contributed by atoms with Gasteiger partial charge in [-0.05, 0) is 30.2 Å². The fourth-order valence-electron chi connectivity index (χ4n) is 2.17. The van der Waals surface area contributed by atoms with Crippen molar-refractivity contribution < 1.29 is 4.74 Å². The number of hydrogen-bond acceptors (Lipinski definition) is 4.